The van der Waals surface area contributed by atoms with Gasteiger partial charge in [-0.1, -0.05) is 23.4 Å². The number of hydrogen-bond donors (Lipinski definition) is 0. The molecule has 0 spiro atoms. The summed E-state index contributed by atoms with van der Waals surface area (Å²) in [6.07, 6.45) is 0. The minimum atomic E-state index is -4.36. The van der Waals surface area contributed by atoms with Gasteiger partial charge in [-0.15, -0.1) is 11.8 Å². The van der Waals surface area contributed by atoms with Gasteiger partial charge in [0.15, 0.2) is 10.7 Å². The predicted octanol–water partition coefficient (Wildman–Crippen LogP) is 3.10. The number of carbonyl (C=O) groups is 1. The molecule has 33 heavy (non-hydrogen) atoms. The van der Waals surface area contributed by atoms with Crippen molar-refractivity contribution in [2.24, 2.45) is 0 Å². The molecule has 3 aromatic rings. The number of aryl methyl sites for hydroxylation is 1. The average Bonchev–Trinajstić information content (AvgIpc) is 3.22. The summed E-state index contributed by atoms with van der Waals surface area (Å²) in [5.74, 6) is -1.15. The fourth-order valence-corrected chi connectivity index (χ4v) is 5.89. The van der Waals surface area contributed by atoms with Crippen LogP contribution in [-0.4, -0.2) is 59.8 Å². The van der Waals surface area contributed by atoms with E-state index >= 15 is 0 Å². The number of thioether (sulfide) groups is 1. The van der Waals surface area contributed by atoms with Crippen LogP contribution in [0, 0.1) is 18.6 Å². The normalized spacial score (nSPS) is 15.1. The van der Waals surface area contributed by atoms with Crippen LogP contribution in [-0.2, 0) is 15.8 Å². The van der Waals surface area contributed by atoms with Gasteiger partial charge in [0, 0.05) is 38.0 Å². The lowest BCUT2D eigenvalue weighted by Crippen LogP contribution is -2.50. The van der Waals surface area contributed by atoms with Crippen molar-refractivity contribution in [3.8, 4) is 0 Å². The number of rotatable bonds is 6. The van der Waals surface area contributed by atoms with Crippen molar-refractivity contribution in [3.05, 3.63) is 71.4 Å². The molecule has 1 aliphatic rings. The second kappa shape index (κ2) is 9.57. The van der Waals surface area contributed by atoms with Crippen LogP contribution in [0.25, 0.3) is 0 Å². The first-order valence-electron chi connectivity index (χ1n) is 10.0. The first kappa shape index (κ1) is 23.3. The molecule has 0 bridgehead atoms. The van der Waals surface area contributed by atoms with E-state index in [2.05, 4.69) is 10.1 Å². The lowest BCUT2D eigenvalue weighted by atomic mass is 10.2. The second-order valence-corrected chi connectivity index (χ2v) is 10.2. The Hall–Kier alpha value is -2.83. The molecule has 1 saturated heterocycles. The lowest BCUT2D eigenvalue weighted by Gasteiger charge is -2.34. The van der Waals surface area contributed by atoms with Gasteiger partial charge in [0.2, 0.25) is 15.9 Å². The van der Waals surface area contributed by atoms with Gasteiger partial charge in [-0.2, -0.15) is 9.29 Å². The van der Waals surface area contributed by atoms with Crippen LogP contribution in [0.2, 0.25) is 0 Å². The molecule has 174 valence electrons. The lowest BCUT2D eigenvalue weighted by molar-refractivity contribution is 0.0694. The average molecular weight is 495 g/mol. The minimum absolute atomic E-state index is 0.0701. The van der Waals surface area contributed by atoms with E-state index in [4.69, 9.17) is 4.52 Å². The third-order valence-electron chi connectivity index (χ3n) is 5.09. The molecule has 1 fully saturated rings. The highest BCUT2D eigenvalue weighted by Crippen LogP contribution is 2.28. The Morgan fingerprint density at radius 1 is 1.06 bits per heavy atom. The highest BCUT2D eigenvalue weighted by atomic mass is 32.2. The summed E-state index contributed by atoms with van der Waals surface area (Å²) in [5, 5.41) is 3.85. The summed E-state index contributed by atoms with van der Waals surface area (Å²) >= 11 is 1.39. The molecule has 1 amide bonds. The molecule has 0 saturated carbocycles. The fourth-order valence-electron chi connectivity index (χ4n) is 3.47. The molecule has 8 nitrogen and oxygen atoms in total. The van der Waals surface area contributed by atoms with E-state index in [1.807, 2.05) is 12.1 Å². The zero-order valence-corrected chi connectivity index (χ0v) is 19.2. The van der Waals surface area contributed by atoms with Gasteiger partial charge in [-0.3, -0.25) is 4.79 Å². The van der Waals surface area contributed by atoms with Gasteiger partial charge in [-0.25, -0.2) is 17.2 Å². The third kappa shape index (κ3) is 4.92. The summed E-state index contributed by atoms with van der Waals surface area (Å²) < 4.78 is 59.6. The van der Waals surface area contributed by atoms with Crippen LogP contribution in [0.3, 0.4) is 0 Å². The number of aromatic nitrogens is 2. The van der Waals surface area contributed by atoms with Crippen LogP contribution >= 0.6 is 11.8 Å². The monoisotopic (exact) mass is 494 g/mol. The van der Waals surface area contributed by atoms with Crippen molar-refractivity contribution in [2.75, 3.05) is 26.2 Å². The van der Waals surface area contributed by atoms with Gasteiger partial charge in [-0.05, 0) is 24.3 Å². The van der Waals surface area contributed by atoms with Crippen LogP contribution in [0.1, 0.15) is 22.1 Å². The molecule has 1 aromatic heterocycles. The molecule has 0 aliphatic carbocycles. The Bertz CT molecular complexity index is 1250. The zero-order valence-electron chi connectivity index (χ0n) is 17.6. The van der Waals surface area contributed by atoms with Crippen molar-refractivity contribution in [2.45, 2.75) is 22.5 Å². The summed E-state index contributed by atoms with van der Waals surface area (Å²) in [6, 6.07) is 9.98. The maximum absolute atomic E-state index is 14.0. The number of nitrogens with zero attached hydrogens (tertiary/aromatic N) is 4. The number of halogens is 2. The van der Waals surface area contributed by atoms with Crippen LogP contribution in [0.5, 0.6) is 0 Å². The maximum Gasteiger partial charge on any atom is 0.255 e. The van der Waals surface area contributed by atoms with Gasteiger partial charge < -0.3 is 9.42 Å². The van der Waals surface area contributed by atoms with E-state index in [-0.39, 0.29) is 32.1 Å². The Kier molecular flexibility index (Phi) is 6.77. The van der Waals surface area contributed by atoms with E-state index in [1.54, 1.807) is 19.1 Å². The Labute approximate surface area is 193 Å². The van der Waals surface area contributed by atoms with Crippen molar-refractivity contribution in [1.82, 2.24) is 19.3 Å². The molecule has 0 atom stereocenters. The molecule has 1 aliphatic heterocycles. The van der Waals surface area contributed by atoms with Crippen LogP contribution < -0.4 is 0 Å². The second-order valence-electron chi connectivity index (χ2n) is 7.26. The number of amides is 1. The summed E-state index contributed by atoms with van der Waals surface area (Å²) in [4.78, 5) is 18.6. The highest BCUT2D eigenvalue weighted by molar-refractivity contribution is 7.98. The van der Waals surface area contributed by atoms with E-state index in [0.29, 0.717) is 23.0 Å². The van der Waals surface area contributed by atoms with Gasteiger partial charge >= 0.3 is 0 Å². The molecule has 12 heteroatoms. The Morgan fingerprint density at radius 2 is 1.73 bits per heavy atom. The topological polar surface area (TPSA) is 96.6 Å². The smallest absolute Gasteiger partial charge is 0.255 e. The molecule has 0 unspecified atom stereocenters. The standard InChI is InChI=1S/C21H20F2N4O4S2/c1-14-24-19(25-31-14)13-32-18-8-3-2-5-15(18)21(28)26-9-11-27(12-10-26)33(29,30)20-16(22)6-4-7-17(20)23/h2-8H,9-13H2,1H3. The van der Waals surface area contributed by atoms with Gasteiger partial charge in [0.1, 0.15) is 11.6 Å². The molecule has 4 rings (SSSR count). The van der Waals surface area contributed by atoms with Crippen molar-refractivity contribution in [1.29, 1.82) is 0 Å². The molecule has 2 heterocycles. The van der Waals surface area contributed by atoms with Crippen molar-refractivity contribution in [3.63, 3.8) is 0 Å². The number of sulfonamides is 1. The molecule has 0 radical (unpaired) electrons. The first-order valence-corrected chi connectivity index (χ1v) is 12.4. The number of piperazine rings is 1. The largest absolute Gasteiger partial charge is 0.340 e. The summed E-state index contributed by atoms with van der Waals surface area (Å²) in [7, 11) is -4.36. The number of hydrogen-bond acceptors (Lipinski definition) is 7. The predicted molar refractivity (Wildman–Crippen MR) is 116 cm³/mol. The molecular weight excluding hydrogens is 474 g/mol. The number of carbonyl (C=O) groups excluding carboxylic acids is 1. The first-order chi connectivity index (χ1) is 15.8. The van der Waals surface area contributed by atoms with E-state index in [1.165, 1.54) is 16.7 Å². The van der Waals surface area contributed by atoms with Gasteiger partial charge in [0.05, 0.1) is 11.3 Å². The summed E-state index contributed by atoms with van der Waals surface area (Å²) in [6.45, 7) is 1.74. The highest BCUT2D eigenvalue weighted by Gasteiger charge is 2.34. The molecule has 0 N–H and O–H groups in total. The molecular formula is C21H20F2N4O4S2. The van der Waals surface area contributed by atoms with Crippen LogP contribution in [0.15, 0.2) is 56.8 Å². The quantitative estimate of drug-likeness (QED) is 0.486. The Balaban J connectivity index is 1.45. The van der Waals surface area contributed by atoms with E-state index in [9.17, 15) is 22.0 Å². The van der Waals surface area contributed by atoms with Gasteiger partial charge in [0.25, 0.3) is 5.91 Å². The van der Waals surface area contributed by atoms with Crippen molar-refractivity contribution < 1.29 is 26.5 Å². The molecule has 2 aromatic carbocycles. The third-order valence-corrected chi connectivity index (χ3v) is 8.11. The SMILES string of the molecule is Cc1nc(CSc2ccccc2C(=O)N2CCN(S(=O)(=O)c3c(F)cccc3F)CC2)no1. The number of benzene rings is 2. The minimum Gasteiger partial charge on any atom is -0.340 e. The van der Waals surface area contributed by atoms with Crippen molar-refractivity contribution >= 4 is 27.7 Å². The Morgan fingerprint density at radius 3 is 2.36 bits per heavy atom. The van der Waals surface area contributed by atoms with E-state index < -0.39 is 26.6 Å². The fraction of sp³-hybridized carbons (Fsp3) is 0.286. The summed E-state index contributed by atoms with van der Waals surface area (Å²) in [5.41, 5.74) is 0.471. The van der Waals surface area contributed by atoms with E-state index in [0.717, 1.165) is 27.4 Å². The zero-order chi connectivity index (χ0) is 23.6. The maximum atomic E-state index is 14.0. The van der Waals surface area contributed by atoms with Crippen LogP contribution in [0.4, 0.5) is 8.78 Å².